The Bertz CT molecular complexity index is 1420. The lowest BCUT2D eigenvalue weighted by atomic mass is 10.0. The Morgan fingerprint density at radius 3 is 0.838 bits per heavy atom. The van der Waals surface area contributed by atoms with E-state index in [-0.39, 0.29) is 31.1 Å². The van der Waals surface area contributed by atoms with Gasteiger partial charge >= 0.3 is 17.9 Å². The molecule has 0 saturated carbocycles. The molecule has 0 aliphatic carbocycles. The van der Waals surface area contributed by atoms with Crippen LogP contribution in [0.2, 0.25) is 0 Å². The summed E-state index contributed by atoms with van der Waals surface area (Å²) < 4.78 is 16.9. The minimum Gasteiger partial charge on any atom is -0.462 e. The smallest absolute Gasteiger partial charge is 0.306 e. The van der Waals surface area contributed by atoms with E-state index in [0.717, 1.165) is 116 Å². The van der Waals surface area contributed by atoms with Crippen LogP contribution in [0.25, 0.3) is 0 Å². The van der Waals surface area contributed by atoms with E-state index in [0.29, 0.717) is 19.3 Å². The Hall–Kier alpha value is -3.41. The van der Waals surface area contributed by atoms with Gasteiger partial charge in [0.05, 0.1) is 0 Å². The number of esters is 3. The number of rotatable bonds is 57. The lowest BCUT2D eigenvalue weighted by Gasteiger charge is -2.18. The summed E-state index contributed by atoms with van der Waals surface area (Å²) in [6.45, 7) is 6.52. The van der Waals surface area contributed by atoms with Crippen LogP contribution >= 0.6 is 0 Å². The number of allylic oxidation sites excluding steroid dienone is 14. The SMILES string of the molecule is CC/C=C\C/C=C\C/C=C\C/C=C\C/C=C\C/C=C\CCCCCCC(=O)OCC(COC(=O)CCCCCCC/C=C\CCCCCCC)OC(=O)CCCCCCCCCCCCCCCCCCCCC. The van der Waals surface area contributed by atoms with E-state index in [1.165, 1.54) is 154 Å². The Morgan fingerprint density at radius 1 is 0.284 bits per heavy atom. The van der Waals surface area contributed by atoms with Crippen LogP contribution in [-0.4, -0.2) is 37.2 Å². The summed E-state index contributed by atoms with van der Waals surface area (Å²) in [6, 6.07) is 0. The van der Waals surface area contributed by atoms with E-state index >= 15 is 0 Å². The fourth-order valence-electron chi connectivity index (χ4n) is 8.91. The van der Waals surface area contributed by atoms with E-state index in [9.17, 15) is 14.4 Å². The Labute approximate surface area is 458 Å². The molecule has 1 unspecified atom stereocenters. The standard InChI is InChI=1S/C68H118O6/c1-4-7-10-13-16-19-22-25-28-30-32-33-34-35-37-38-40-43-46-49-52-55-58-61-67(70)73-64-65(63-72-66(69)60-57-54-51-48-45-42-27-24-21-18-15-12-9-6-3)74-68(71)62-59-56-53-50-47-44-41-39-36-31-29-26-23-20-17-14-11-8-5-2/h7,10,16,19,24-25,27-28,32-33,35,37,40,43,65H,4-6,8-9,11-15,17-18,20-23,26,29-31,34,36,38-39,41-42,44-64H2,1-3H3/b10-7-,19-16-,27-24-,28-25-,33-32-,37-35-,43-40-. The molecule has 426 valence electrons. The normalized spacial score (nSPS) is 12.6. The fraction of sp³-hybridized carbons (Fsp3) is 0.750. The zero-order valence-corrected chi connectivity index (χ0v) is 48.8. The van der Waals surface area contributed by atoms with Crippen molar-refractivity contribution in [2.24, 2.45) is 0 Å². The summed E-state index contributed by atoms with van der Waals surface area (Å²) >= 11 is 0. The first-order chi connectivity index (χ1) is 36.5. The van der Waals surface area contributed by atoms with Crippen molar-refractivity contribution in [2.45, 2.75) is 316 Å². The summed E-state index contributed by atoms with van der Waals surface area (Å²) in [5.41, 5.74) is 0. The van der Waals surface area contributed by atoms with Crippen LogP contribution < -0.4 is 0 Å². The Kier molecular flexibility index (Phi) is 59.3. The monoisotopic (exact) mass is 1030 g/mol. The second kappa shape index (κ2) is 62.1. The van der Waals surface area contributed by atoms with Gasteiger partial charge in [-0.1, -0.05) is 279 Å². The third-order valence-corrected chi connectivity index (χ3v) is 13.6. The molecule has 0 fully saturated rings. The largest absolute Gasteiger partial charge is 0.462 e. The molecule has 0 aliphatic rings. The van der Waals surface area contributed by atoms with Crippen LogP contribution in [0.1, 0.15) is 310 Å². The summed E-state index contributed by atoms with van der Waals surface area (Å²) in [4.78, 5) is 38.3. The molecule has 0 bridgehead atoms. The molecule has 0 aromatic carbocycles. The zero-order valence-electron chi connectivity index (χ0n) is 48.8. The first-order valence-electron chi connectivity index (χ1n) is 31.6. The van der Waals surface area contributed by atoms with E-state index in [1.54, 1.807) is 0 Å². The van der Waals surface area contributed by atoms with Gasteiger partial charge in [0.2, 0.25) is 0 Å². The zero-order chi connectivity index (χ0) is 53.6. The molecule has 0 rings (SSSR count). The molecule has 0 aromatic rings. The number of carbonyl (C=O) groups is 3. The highest BCUT2D eigenvalue weighted by atomic mass is 16.6. The van der Waals surface area contributed by atoms with Crippen molar-refractivity contribution < 1.29 is 28.6 Å². The third kappa shape index (κ3) is 59.5. The molecule has 0 aromatic heterocycles. The number of hydrogen-bond acceptors (Lipinski definition) is 6. The van der Waals surface area contributed by atoms with Crippen LogP contribution in [0.3, 0.4) is 0 Å². The van der Waals surface area contributed by atoms with Gasteiger partial charge in [-0.15, -0.1) is 0 Å². The number of hydrogen-bond donors (Lipinski definition) is 0. The van der Waals surface area contributed by atoms with Crippen LogP contribution in [-0.2, 0) is 28.6 Å². The molecule has 6 nitrogen and oxygen atoms in total. The third-order valence-electron chi connectivity index (χ3n) is 13.6. The van der Waals surface area contributed by atoms with Gasteiger partial charge < -0.3 is 14.2 Å². The Balaban J connectivity index is 4.40. The van der Waals surface area contributed by atoms with E-state index in [2.05, 4.69) is 106 Å². The maximum Gasteiger partial charge on any atom is 0.306 e. The summed E-state index contributed by atoms with van der Waals surface area (Å²) in [6.07, 6.45) is 81.5. The second-order valence-corrected chi connectivity index (χ2v) is 20.9. The van der Waals surface area contributed by atoms with E-state index in [1.807, 2.05) is 0 Å². The highest BCUT2D eigenvalue weighted by Gasteiger charge is 2.19. The molecule has 6 heteroatoms. The van der Waals surface area contributed by atoms with Gasteiger partial charge in [0.1, 0.15) is 13.2 Å². The van der Waals surface area contributed by atoms with Crippen molar-refractivity contribution in [1.29, 1.82) is 0 Å². The highest BCUT2D eigenvalue weighted by Crippen LogP contribution is 2.16. The maximum absolute atomic E-state index is 12.9. The summed E-state index contributed by atoms with van der Waals surface area (Å²) in [5.74, 6) is -0.907. The van der Waals surface area contributed by atoms with Crippen molar-refractivity contribution in [3.8, 4) is 0 Å². The van der Waals surface area contributed by atoms with Gasteiger partial charge in [-0.2, -0.15) is 0 Å². The van der Waals surface area contributed by atoms with Gasteiger partial charge in [-0.05, 0) is 96.3 Å². The molecule has 0 saturated heterocycles. The predicted octanol–water partition coefficient (Wildman–Crippen LogP) is 21.5. The average molecular weight is 1030 g/mol. The summed E-state index contributed by atoms with van der Waals surface area (Å²) in [5, 5.41) is 0. The quantitative estimate of drug-likeness (QED) is 0.0261. The lowest BCUT2D eigenvalue weighted by Crippen LogP contribution is -2.30. The molecule has 1 atom stereocenters. The number of unbranched alkanes of at least 4 members (excludes halogenated alkanes) is 32. The lowest BCUT2D eigenvalue weighted by molar-refractivity contribution is -0.167. The fourth-order valence-corrected chi connectivity index (χ4v) is 8.91. The van der Waals surface area contributed by atoms with Gasteiger partial charge in [0.15, 0.2) is 6.10 Å². The van der Waals surface area contributed by atoms with Gasteiger partial charge in [0.25, 0.3) is 0 Å². The highest BCUT2D eigenvalue weighted by molar-refractivity contribution is 5.71. The molecule has 0 radical (unpaired) electrons. The number of ether oxygens (including phenoxy) is 3. The minimum atomic E-state index is -0.790. The van der Waals surface area contributed by atoms with Crippen LogP contribution in [0, 0.1) is 0 Å². The molecule has 0 heterocycles. The van der Waals surface area contributed by atoms with Crippen LogP contribution in [0.4, 0.5) is 0 Å². The van der Waals surface area contributed by atoms with E-state index in [4.69, 9.17) is 14.2 Å². The number of carbonyl (C=O) groups excluding carboxylic acids is 3. The Morgan fingerprint density at radius 2 is 0.527 bits per heavy atom. The molecule has 0 amide bonds. The molecular formula is C68H118O6. The van der Waals surface area contributed by atoms with Gasteiger partial charge in [0, 0.05) is 19.3 Å². The van der Waals surface area contributed by atoms with Gasteiger partial charge in [-0.3, -0.25) is 14.4 Å². The van der Waals surface area contributed by atoms with Crippen molar-refractivity contribution >= 4 is 17.9 Å². The molecule has 0 aliphatic heterocycles. The predicted molar refractivity (Wildman–Crippen MR) is 321 cm³/mol. The maximum atomic E-state index is 12.9. The first kappa shape index (κ1) is 70.6. The van der Waals surface area contributed by atoms with E-state index < -0.39 is 6.10 Å². The van der Waals surface area contributed by atoms with Crippen molar-refractivity contribution in [2.75, 3.05) is 13.2 Å². The second-order valence-electron chi connectivity index (χ2n) is 20.9. The van der Waals surface area contributed by atoms with Gasteiger partial charge in [-0.25, -0.2) is 0 Å². The molecular weight excluding hydrogens is 913 g/mol. The molecule has 0 N–H and O–H groups in total. The van der Waals surface area contributed by atoms with Crippen LogP contribution in [0.5, 0.6) is 0 Å². The summed E-state index contributed by atoms with van der Waals surface area (Å²) in [7, 11) is 0. The van der Waals surface area contributed by atoms with Crippen LogP contribution in [0.15, 0.2) is 85.1 Å². The molecule has 74 heavy (non-hydrogen) atoms. The van der Waals surface area contributed by atoms with Crippen molar-refractivity contribution in [3.05, 3.63) is 85.1 Å². The minimum absolute atomic E-state index is 0.0867. The molecule has 0 spiro atoms. The van der Waals surface area contributed by atoms with Crippen molar-refractivity contribution in [1.82, 2.24) is 0 Å². The van der Waals surface area contributed by atoms with Crippen molar-refractivity contribution in [3.63, 3.8) is 0 Å². The first-order valence-corrected chi connectivity index (χ1v) is 31.6. The average Bonchev–Trinajstić information content (AvgIpc) is 3.40. The topological polar surface area (TPSA) is 78.9 Å².